The standard InChI is InChI=1S/C13H14BrFN4O/c14-9-7-10(15)11(16)6-8(9)13(20)19-3-1-2-12-17-4-5-18-12/h4-7H,1-3,16H2,(H,17,18)(H,19,20). The summed E-state index contributed by atoms with van der Waals surface area (Å²) < 4.78 is 13.6. The molecular formula is C13H14BrFN4O. The van der Waals surface area contributed by atoms with E-state index in [0.717, 1.165) is 18.7 Å². The number of halogens is 2. The van der Waals surface area contributed by atoms with Gasteiger partial charge in [0.05, 0.1) is 11.3 Å². The molecule has 0 spiro atoms. The lowest BCUT2D eigenvalue weighted by atomic mass is 10.2. The maximum atomic E-state index is 13.2. The first-order valence-electron chi connectivity index (χ1n) is 6.09. The number of anilines is 1. The van der Waals surface area contributed by atoms with Crippen LogP contribution in [-0.2, 0) is 6.42 Å². The number of nitrogens with two attached hydrogens (primary N) is 1. The van der Waals surface area contributed by atoms with E-state index in [2.05, 4.69) is 31.2 Å². The summed E-state index contributed by atoms with van der Waals surface area (Å²) in [6, 6.07) is 2.51. The van der Waals surface area contributed by atoms with Gasteiger partial charge in [0.2, 0.25) is 0 Å². The molecule has 2 aromatic rings. The maximum absolute atomic E-state index is 13.2. The average Bonchev–Trinajstić information content (AvgIpc) is 2.92. The molecule has 1 heterocycles. The third-order valence-electron chi connectivity index (χ3n) is 2.76. The van der Waals surface area contributed by atoms with Crippen LogP contribution in [0.25, 0.3) is 0 Å². The Morgan fingerprint density at radius 1 is 1.50 bits per heavy atom. The molecule has 2 rings (SSSR count). The van der Waals surface area contributed by atoms with Gasteiger partial charge in [0.25, 0.3) is 5.91 Å². The molecule has 0 aliphatic heterocycles. The molecule has 106 valence electrons. The molecule has 0 fully saturated rings. The Labute approximate surface area is 123 Å². The number of benzene rings is 1. The molecule has 0 radical (unpaired) electrons. The minimum atomic E-state index is -0.550. The Balaban J connectivity index is 1.87. The van der Waals surface area contributed by atoms with E-state index in [0.29, 0.717) is 16.6 Å². The number of aromatic nitrogens is 2. The number of aryl methyl sites for hydroxylation is 1. The summed E-state index contributed by atoms with van der Waals surface area (Å²) in [5.41, 5.74) is 5.73. The average molecular weight is 341 g/mol. The summed E-state index contributed by atoms with van der Waals surface area (Å²) in [5.74, 6) is 0.0423. The number of carbonyl (C=O) groups is 1. The molecule has 20 heavy (non-hydrogen) atoms. The van der Waals surface area contributed by atoms with Crippen LogP contribution in [0.3, 0.4) is 0 Å². The van der Waals surface area contributed by atoms with Crippen LogP contribution in [0.2, 0.25) is 0 Å². The second-order valence-corrected chi connectivity index (χ2v) is 5.10. The quantitative estimate of drug-likeness (QED) is 0.576. The van der Waals surface area contributed by atoms with E-state index in [1.54, 1.807) is 12.4 Å². The molecule has 0 atom stereocenters. The lowest BCUT2D eigenvalue weighted by Gasteiger charge is -2.08. The van der Waals surface area contributed by atoms with Gasteiger partial charge in [-0.2, -0.15) is 0 Å². The number of amides is 1. The monoisotopic (exact) mass is 340 g/mol. The Hall–Kier alpha value is -1.89. The summed E-state index contributed by atoms with van der Waals surface area (Å²) in [5, 5.41) is 2.76. The van der Waals surface area contributed by atoms with Crippen molar-refractivity contribution >= 4 is 27.5 Å². The third-order valence-corrected chi connectivity index (χ3v) is 3.42. The fourth-order valence-corrected chi connectivity index (χ4v) is 2.22. The number of rotatable bonds is 5. The minimum absolute atomic E-state index is 0.0473. The van der Waals surface area contributed by atoms with E-state index in [4.69, 9.17) is 5.73 Å². The van der Waals surface area contributed by atoms with Crippen LogP contribution < -0.4 is 11.1 Å². The van der Waals surface area contributed by atoms with Crippen molar-refractivity contribution < 1.29 is 9.18 Å². The van der Waals surface area contributed by atoms with Crippen molar-refractivity contribution in [1.29, 1.82) is 0 Å². The molecule has 0 unspecified atom stereocenters. The molecule has 0 bridgehead atoms. The number of H-pyrrole nitrogens is 1. The number of nitrogens with zero attached hydrogens (tertiary/aromatic N) is 1. The number of nitrogen functional groups attached to an aromatic ring is 1. The van der Waals surface area contributed by atoms with E-state index in [9.17, 15) is 9.18 Å². The fraction of sp³-hybridized carbons (Fsp3) is 0.231. The molecule has 5 nitrogen and oxygen atoms in total. The van der Waals surface area contributed by atoms with Crippen LogP contribution in [-0.4, -0.2) is 22.4 Å². The molecular weight excluding hydrogens is 327 g/mol. The summed E-state index contributed by atoms with van der Waals surface area (Å²) in [6.07, 6.45) is 4.95. The fourth-order valence-electron chi connectivity index (χ4n) is 1.73. The highest BCUT2D eigenvalue weighted by Crippen LogP contribution is 2.22. The van der Waals surface area contributed by atoms with Crippen LogP contribution in [0.5, 0.6) is 0 Å². The molecule has 4 N–H and O–H groups in total. The smallest absolute Gasteiger partial charge is 0.252 e. The SMILES string of the molecule is Nc1cc(C(=O)NCCCc2ncc[nH]2)c(Br)cc1F. The minimum Gasteiger partial charge on any atom is -0.396 e. The summed E-state index contributed by atoms with van der Waals surface area (Å²) in [4.78, 5) is 19.0. The van der Waals surface area contributed by atoms with Crippen LogP contribution in [0, 0.1) is 5.82 Å². The number of nitrogens with one attached hydrogen (secondary N) is 2. The first kappa shape index (κ1) is 14.5. The van der Waals surface area contributed by atoms with Crippen LogP contribution in [0.1, 0.15) is 22.6 Å². The molecule has 1 amide bonds. The summed E-state index contributed by atoms with van der Waals surface area (Å²) >= 11 is 3.15. The van der Waals surface area contributed by atoms with Gasteiger partial charge in [0.15, 0.2) is 0 Å². The van der Waals surface area contributed by atoms with Gasteiger partial charge >= 0.3 is 0 Å². The van der Waals surface area contributed by atoms with Gasteiger partial charge in [-0.3, -0.25) is 4.79 Å². The Kier molecular flexibility index (Phi) is 4.73. The molecule has 7 heteroatoms. The normalized spacial score (nSPS) is 10.5. The maximum Gasteiger partial charge on any atom is 0.252 e. The molecule has 0 saturated heterocycles. The Morgan fingerprint density at radius 3 is 3.00 bits per heavy atom. The van der Waals surface area contributed by atoms with E-state index >= 15 is 0 Å². The largest absolute Gasteiger partial charge is 0.396 e. The topological polar surface area (TPSA) is 83.8 Å². The van der Waals surface area contributed by atoms with Gasteiger partial charge in [-0.1, -0.05) is 0 Å². The van der Waals surface area contributed by atoms with Crippen molar-refractivity contribution in [2.24, 2.45) is 0 Å². The predicted octanol–water partition coefficient (Wildman–Crippen LogP) is 2.26. The van der Waals surface area contributed by atoms with Crippen molar-refractivity contribution in [3.63, 3.8) is 0 Å². The second-order valence-electron chi connectivity index (χ2n) is 4.25. The molecule has 0 aliphatic carbocycles. The van der Waals surface area contributed by atoms with E-state index in [1.165, 1.54) is 12.1 Å². The van der Waals surface area contributed by atoms with Crippen molar-refractivity contribution in [3.8, 4) is 0 Å². The van der Waals surface area contributed by atoms with Crippen molar-refractivity contribution in [2.45, 2.75) is 12.8 Å². The molecule has 1 aromatic carbocycles. The van der Waals surface area contributed by atoms with Crippen LogP contribution in [0.15, 0.2) is 29.0 Å². The lowest BCUT2D eigenvalue weighted by Crippen LogP contribution is -2.25. The molecule has 0 saturated carbocycles. The van der Waals surface area contributed by atoms with E-state index < -0.39 is 5.82 Å². The Bertz CT molecular complexity index is 601. The zero-order chi connectivity index (χ0) is 14.5. The summed E-state index contributed by atoms with van der Waals surface area (Å²) in [7, 11) is 0. The van der Waals surface area contributed by atoms with E-state index in [1.807, 2.05) is 0 Å². The van der Waals surface area contributed by atoms with Gasteiger partial charge in [-0.25, -0.2) is 9.37 Å². The number of hydrogen-bond donors (Lipinski definition) is 3. The number of imidazole rings is 1. The Morgan fingerprint density at radius 2 is 2.30 bits per heavy atom. The van der Waals surface area contributed by atoms with Crippen molar-refractivity contribution in [3.05, 3.63) is 46.2 Å². The first-order chi connectivity index (χ1) is 9.58. The highest BCUT2D eigenvalue weighted by Gasteiger charge is 2.12. The number of aromatic amines is 1. The zero-order valence-corrected chi connectivity index (χ0v) is 12.2. The molecule has 0 aliphatic rings. The van der Waals surface area contributed by atoms with Crippen molar-refractivity contribution in [2.75, 3.05) is 12.3 Å². The zero-order valence-electron chi connectivity index (χ0n) is 10.6. The second kappa shape index (κ2) is 6.51. The molecule has 1 aromatic heterocycles. The highest BCUT2D eigenvalue weighted by molar-refractivity contribution is 9.10. The summed E-state index contributed by atoms with van der Waals surface area (Å²) in [6.45, 7) is 0.503. The lowest BCUT2D eigenvalue weighted by molar-refractivity contribution is 0.0952. The van der Waals surface area contributed by atoms with Crippen LogP contribution in [0.4, 0.5) is 10.1 Å². The van der Waals surface area contributed by atoms with E-state index in [-0.39, 0.29) is 11.6 Å². The number of carbonyl (C=O) groups excluding carboxylic acids is 1. The van der Waals surface area contributed by atoms with Gasteiger partial charge in [0.1, 0.15) is 11.6 Å². The van der Waals surface area contributed by atoms with Gasteiger partial charge in [0, 0.05) is 29.8 Å². The van der Waals surface area contributed by atoms with Gasteiger partial charge in [-0.05, 0) is 34.5 Å². The number of hydrogen-bond acceptors (Lipinski definition) is 3. The van der Waals surface area contributed by atoms with Gasteiger partial charge in [-0.15, -0.1) is 0 Å². The van der Waals surface area contributed by atoms with Crippen molar-refractivity contribution in [1.82, 2.24) is 15.3 Å². The highest BCUT2D eigenvalue weighted by atomic mass is 79.9. The van der Waals surface area contributed by atoms with Gasteiger partial charge < -0.3 is 16.0 Å². The predicted molar refractivity (Wildman–Crippen MR) is 77.8 cm³/mol. The first-order valence-corrected chi connectivity index (χ1v) is 6.88. The van der Waals surface area contributed by atoms with Crippen LogP contribution >= 0.6 is 15.9 Å². The third kappa shape index (κ3) is 3.57.